The summed E-state index contributed by atoms with van der Waals surface area (Å²) in [5.41, 5.74) is 0. The van der Waals surface area contributed by atoms with Crippen molar-refractivity contribution in [2.45, 2.75) is 47.4 Å². The van der Waals surface area contributed by atoms with Crippen LogP contribution < -0.4 is 10.6 Å². The predicted molar refractivity (Wildman–Crippen MR) is 103 cm³/mol. The third kappa shape index (κ3) is 0.189. The molecule has 0 aliphatic carbocycles. The van der Waals surface area contributed by atoms with Gasteiger partial charge >= 0.3 is 147 Å². The number of benzene rings is 2. The second-order valence-corrected chi connectivity index (χ2v) is 40.0. The van der Waals surface area contributed by atoms with Crippen LogP contribution in [-0.4, -0.2) is 4.05 Å². The van der Waals surface area contributed by atoms with E-state index in [2.05, 4.69) is 70.5 Å². The van der Waals surface area contributed by atoms with Gasteiger partial charge in [0.1, 0.15) is 0 Å². The van der Waals surface area contributed by atoms with Gasteiger partial charge in [0.2, 0.25) is 0 Å². The molecule has 10 aliphatic rings. The molecule has 0 saturated carbocycles. The molecule has 126 valence electrons. The Morgan fingerprint density at radius 1 is 0.720 bits per heavy atom. The Morgan fingerprint density at radius 2 is 1.28 bits per heavy atom. The summed E-state index contributed by atoms with van der Waals surface area (Å²) in [6.07, 6.45) is 0. The van der Waals surface area contributed by atoms with Crippen molar-refractivity contribution in [2.75, 3.05) is 0 Å². The summed E-state index contributed by atoms with van der Waals surface area (Å²) in [4.78, 5) is 12.7. The second-order valence-electron chi connectivity index (χ2n) is 12.8. The van der Waals surface area contributed by atoms with Crippen LogP contribution in [-0.2, 0) is 6.51 Å². The summed E-state index contributed by atoms with van der Waals surface area (Å²) in [5.74, 6) is 0. The fourth-order valence-corrected chi connectivity index (χ4v) is 108. The molecule has 25 heavy (non-hydrogen) atoms. The van der Waals surface area contributed by atoms with Crippen LogP contribution in [0.3, 0.4) is 0 Å². The molecular formula is C22H18BrFeP. The fourth-order valence-electron chi connectivity index (χ4n) is 18.4. The van der Waals surface area contributed by atoms with Gasteiger partial charge in [0.25, 0.3) is 0 Å². The van der Waals surface area contributed by atoms with Gasteiger partial charge in [0.05, 0.1) is 0 Å². The molecule has 0 nitrogen and oxygen atoms in total. The standard InChI is InChI=1S/C17H13BrP.C5H5.Fe/c18-16-12-6-7-13-17(16)19(15-10-4-5-11-15)14-8-2-1-3-9-14;1-2-4-5-3-1;/h1-13H;1-5H;/t19-;;/m1../s1. The molecule has 4 unspecified atom stereocenters. The van der Waals surface area contributed by atoms with E-state index >= 15 is 0 Å². The summed E-state index contributed by atoms with van der Waals surface area (Å²) in [6.45, 7) is -3.10. The van der Waals surface area contributed by atoms with Gasteiger partial charge in [-0.1, -0.05) is 0 Å². The number of hydrogen-bond donors (Lipinski definition) is 0. The molecule has 12 rings (SSSR count). The van der Waals surface area contributed by atoms with Crippen molar-refractivity contribution in [1.29, 1.82) is 0 Å². The van der Waals surface area contributed by atoms with Gasteiger partial charge in [-0.25, -0.2) is 0 Å². The molecule has 5 atom stereocenters. The molecule has 10 saturated heterocycles. The molecule has 10 heterocycles. The maximum atomic E-state index is 3.99. The minimum absolute atomic E-state index is 0.136. The number of fused-ring (bicyclic) bond motifs is 10. The average molecular weight is 449 g/mol. The van der Waals surface area contributed by atoms with Crippen LogP contribution in [0.25, 0.3) is 0 Å². The van der Waals surface area contributed by atoms with Crippen LogP contribution in [0.15, 0.2) is 59.1 Å². The summed E-state index contributed by atoms with van der Waals surface area (Å²) < 4.78 is 2.35. The van der Waals surface area contributed by atoms with Gasteiger partial charge in [-0.05, 0) is 0 Å². The second kappa shape index (κ2) is 1.28. The SMILES string of the molecule is Brc1ccccc1[P@](c1ccccc1)[C]12[CH]3[CH]4[CH]5[CH]1[Fe]45321678[CH]2[CH]1[CH]6[CH]7[CH]28. The summed E-state index contributed by atoms with van der Waals surface area (Å²) >= 11 is 3.99. The van der Waals surface area contributed by atoms with Gasteiger partial charge in [0, 0.05) is 0 Å². The van der Waals surface area contributed by atoms with E-state index in [0.717, 1.165) is 4.05 Å². The van der Waals surface area contributed by atoms with Crippen molar-refractivity contribution in [1.82, 2.24) is 0 Å². The average Bonchev–Trinajstić information content (AvgIpc) is 3.58. The topological polar surface area (TPSA) is 0 Å². The molecule has 3 heteroatoms. The van der Waals surface area contributed by atoms with E-state index in [-0.39, 0.29) is 7.92 Å². The normalized spacial score (nSPS) is 85.9. The van der Waals surface area contributed by atoms with Gasteiger partial charge < -0.3 is 0 Å². The molecule has 1 spiro atoms. The van der Waals surface area contributed by atoms with E-state index in [9.17, 15) is 0 Å². The van der Waals surface area contributed by atoms with Gasteiger partial charge in [-0.2, -0.15) is 0 Å². The Morgan fingerprint density at radius 3 is 1.76 bits per heavy atom. The van der Waals surface area contributed by atoms with Crippen molar-refractivity contribution in [3.63, 3.8) is 0 Å². The van der Waals surface area contributed by atoms with Crippen molar-refractivity contribution >= 4 is 34.5 Å². The number of hydrogen-bond acceptors (Lipinski definition) is 0. The first-order chi connectivity index (χ1) is 12.0. The molecule has 0 amide bonds. The molecule has 10 fully saturated rings. The first kappa shape index (κ1) is 11.0. The molecular weight excluding hydrogens is 431 g/mol. The van der Waals surface area contributed by atoms with Gasteiger partial charge in [-0.3, -0.25) is 0 Å². The van der Waals surface area contributed by atoms with E-state index in [1.807, 2.05) is 0 Å². The van der Waals surface area contributed by atoms with E-state index in [4.69, 9.17) is 0 Å². The van der Waals surface area contributed by atoms with Crippen LogP contribution in [0.4, 0.5) is 0 Å². The monoisotopic (exact) mass is 448 g/mol. The zero-order chi connectivity index (χ0) is 15.7. The first-order valence-corrected chi connectivity index (χ1v) is 18.3. The Bertz CT molecular complexity index is 1420. The van der Waals surface area contributed by atoms with Crippen LogP contribution in [0, 0.1) is 0 Å². The maximum absolute atomic E-state index is 3.99. The van der Waals surface area contributed by atoms with Crippen LogP contribution in [0.2, 0.25) is 43.3 Å². The quantitative estimate of drug-likeness (QED) is 0.388. The van der Waals surface area contributed by atoms with Crippen molar-refractivity contribution in [3.8, 4) is 0 Å². The summed E-state index contributed by atoms with van der Waals surface area (Å²) in [6, 6.07) is 21.2. The van der Waals surface area contributed by atoms with Gasteiger partial charge in [0.15, 0.2) is 0 Å². The molecule has 0 aromatic heterocycles. The van der Waals surface area contributed by atoms with Crippen LogP contribution in [0.1, 0.15) is 0 Å². The minimum atomic E-state index is -3.10. The third-order valence-corrected chi connectivity index (χ3v) is 67.5. The van der Waals surface area contributed by atoms with Crippen LogP contribution in [0.5, 0.6) is 0 Å². The summed E-state index contributed by atoms with van der Waals surface area (Å²) in [7, 11) is -0.136. The zero-order valence-corrected chi connectivity index (χ0v) is 17.2. The van der Waals surface area contributed by atoms with Crippen molar-refractivity contribution < 1.29 is 6.51 Å². The molecule has 10 aliphatic heterocycles. The molecule has 0 radical (unpaired) electrons. The van der Waals surface area contributed by atoms with E-state index < -0.39 is 6.51 Å². The predicted octanol–water partition coefficient (Wildman–Crippen LogP) is 6.18. The first-order valence-electron chi connectivity index (χ1n) is 9.86. The Labute approximate surface area is 146 Å². The Balaban J connectivity index is 1.31. The number of rotatable bonds is 3. The van der Waals surface area contributed by atoms with E-state index in [1.165, 1.54) is 47.8 Å². The van der Waals surface area contributed by atoms with Crippen molar-refractivity contribution in [2.24, 2.45) is 0 Å². The Hall–Kier alpha value is -0.131. The van der Waals surface area contributed by atoms with Gasteiger partial charge in [-0.15, -0.1) is 0 Å². The molecule has 2 aromatic carbocycles. The van der Waals surface area contributed by atoms with Crippen molar-refractivity contribution in [3.05, 3.63) is 59.1 Å². The molecule has 2 aromatic rings. The molecule has 0 N–H and O–H groups in total. The zero-order valence-electron chi connectivity index (χ0n) is 13.6. The Kier molecular flexibility index (Phi) is 0.563. The summed E-state index contributed by atoms with van der Waals surface area (Å²) in [5, 5.41) is 3.43. The molecule has 0 bridgehead atoms. The van der Waals surface area contributed by atoms with E-state index in [1.54, 1.807) is 10.6 Å². The van der Waals surface area contributed by atoms with Crippen LogP contribution >= 0.6 is 23.9 Å². The fraction of sp³-hybridized carbons (Fsp3) is 0.455. The van der Waals surface area contributed by atoms with E-state index in [0.29, 0.717) is 0 Å². The third-order valence-electron chi connectivity index (χ3n) is 17.0. The number of halogens is 1.